The van der Waals surface area contributed by atoms with E-state index in [-0.39, 0.29) is 24.7 Å². The molecule has 0 saturated carbocycles. The van der Waals surface area contributed by atoms with Gasteiger partial charge in [0.05, 0.1) is 14.1 Å². The van der Waals surface area contributed by atoms with Crippen LogP contribution in [0.25, 0.3) is 0 Å². The summed E-state index contributed by atoms with van der Waals surface area (Å²) in [6.07, 6.45) is 0. The van der Waals surface area contributed by atoms with Gasteiger partial charge in [-0.15, -0.1) is 0 Å². The van der Waals surface area contributed by atoms with Gasteiger partial charge in [-0.3, -0.25) is 0 Å². The fourth-order valence-corrected chi connectivity index (χ4v) is 2.16. The molecule has 0 radical (unpaired) electrons. The molecule has 27 heavy (non-hydrogen) atoms. The van der Waals surface area contributed by atoms with E-state index >= 15 is 0 Å². The molecule has 0 aromatic heterocycles. The molecule has 0 fully saturated rings. The molecule has 3 nitrogen and oxygen atoms in total. The molecule has 2 aromatic carbocycles. The molecule has 0 bridgehead atoms. The number of nitrogens with zero attached hydrogens (tertiary/aromatic N) is 1. The van der Waals surface area contributed by atoms with Gasteiger partial charge in [-0.1, -0.05) is 0 Å². The Bertz CT molecular complexity index is 701. The second kappa shape index (κ2) is 8.51. The van der Waals surface area contributed by atoms with E-state index in [0.717, 1.165) is 24.3 Å². The lowest BCUT2D eigenvalue weighted by Crippen LogP contribution is -2.45. The minimum atomic E-state index is -1.57. The van der Waals surface area contributed by atoms with Crippen molar-refractivity contribution in [2.45, 2.75) is 0 Å². The quantitative estimate of drug-likeness (QED) is 0.382. The summed E-state index contributed by atoms with van der Waals surface area (Å²) in [5.74, 6) is -8.78. The predicted octanol–water partition coefficient (Wildman–Crippen LogP) is 4.06. The van der Waals surface area contributed by atoms with Crippen LogP contribution in [-0.2, 0) is 0 Å². The summed E-state index contributed by atoms with van der Waals surface area (Å²) in [6.45, 7) is 0.959. The maximum absolute atomic E-state index is 13.1. The van der Waals surface area contributed by atoms with Crippen molar-refractivity contribution in [3.63, 3.8) is 0 Å². The largest absolute Gasteiger partial charge is 0.487 e. The highest BCUT2D eigenvalue weighted by Crippen LogP contribution is 2.20. The van der Waals surface area contributed by atoms with E-state index in [4.69, 9.17) is 9.47 Å². The van der Waals surface area contributed by atoms with Gasteiger partial charge < -0.3 is 14.0 Å². The Morgan fingerprint density at radius 3 is 1.22 bits per heavy atom. The standard InChI is InChI=1S/C18H18F6NO2/c1-25(2,3-5-26-11-7-13(19)17(23)14(20)8-11)4-6-27-12-9-15(21)18(24)16(22)10-12/h7-10H,3-6H2,1-2H3/q+1. The Morgan fingerprint density at radius 1 is 0.630 bits per heavy atom. The van der Waals surface area contributed by atoms with Gasteiger partial charge in [-0.2, -0.15) is 0 Å². The van der Waals surface area contributed by atoms with E-state index in [1.165, 1.54) is 0 Å². The fraction of sp³-hybridized carbons (Fsp3) is 0.333. The average Bonchev–Trinajstić information content (AvgIpc) is 2.57. The summed E-state index contributed by atoms with van der Waals surface area (Å²) in [5, 5.41) is 0. The molecule has 0 unspecified atom stereocenters. The third kappa shape index (κ3) is 5.78. The third-order valence-corrected chi connectivity index (χ3v) is 3.85. The number of halogens is 6. The maximum Gasteiger partial charge on any atom is 0.194 e. The second-order valence-electron chi connectivity index (χ2n) is 6.48. The van der Waals surface area contributed by atoms with Crippen molar-refractivity contribution in [1.29, 1.82) is 0 Å². The van der Waals surface area contributed by atoms with Crippen LogP contribution in [0.1, 0.15) is 0 Å². The summed E-state index contributed by atoms with van der Waals surface area (Å²) in [6, 6.07) is 3.00. The van der Waals surface area contributed by atoms with Crippen molar-refractivity contribution >= 4 is 0 Å². The molecule has 0 aliphatic heterocycles. The van der Waals surface area contributed by atoms with Crippen molar-refractivity contribution in [3.05, 3.63) is 59.2 Å². The number of ether oxygens (including phenoxy) is 2. The summed E-state index contributed by atoms with van der Waals surface area (Å²) in [4.78, 5) is 0. The number of hydrogen-bond acceptors (Lipinski definition) is 2. The van der Waals surface area contributed by atoms with Gasteiger partial charge in [0.25, 0.3) is 0 Å². The van der Waals surface area contributed by atoms with Crippen LogP contribution in [0.4, 0.5) is 26.3 Å². The van der Waals surface area contributed by atoms with E-state index in [1.807, 2.05) is 14.1 Å². The predicted molar refractivity (Wildman–Crippen MR) is 85.5 cm³/mol. The van der Waals surface area contributed by atoms with Crippen LogP contribution < -0.4 is 9.47 Å². The molecule has 0 heterocycles. The first-order chi connectivity index (χ1) is 12.6. The molecule has 2 rings (SSSR count). The Hall–Kier alpha value is -2.42. The number of rotatable bonds is 8. The highest BCUT2D eigenvalue weighted by atomic mass is 19.2. The van der Waals surface area contributed by atoms with Gasteiger partial charge in [0, 0.05) is 24.3 Å². The molecule has 2 aromatic rings. The second-order valence-corrected chi connectivity index (χ2v) is 6.48. The first-order valence-electron chi connectivity index (χ1n) is 7.96. The SMILES string of the molecule is C[N+](C)(CCOc1cc(F)c(F)c(F)c1)CCOc1cc(F)c(F)c(F)c1. The molecule has 0 N–H and O–H groups in total. The molecule has 0 atom stereocenters. The third-order valence-electron chi connectivity index (χ3n) is 3.85. The zero-order valence-electron chi connectivity index (χ0n) is 14.7. The molecular weight excluding hydrogens is 376 g/mol. The van der Waals surface area contributed by atoms with E-state index in [0.29, 0.717) is 17.6 Å². The van der Waals surface area contributed by atoms with Crippen LogP contribution in [0, 0.1) is 34.9 Å². The van der Waals surface area contributed by atoms with Gasteiger partial charge >= 0.3 is 0 Å². The molecule has 0 saturated heterocycles. The maximum atomic E-state index is 13.1. The lowest BCUT2D eigenvalue weighted by atomic mass is 10.3. The van der Waals surface area contributed by atoms with Gasteiger partial charge in [-0.05, 0) is 0 Å². The molecule has 0 aliphatic carbocycles. The topological polar surface area (TPSA) is 18.5 Å². The van der Waals surface area contributed by atoms with Crippen LogP contribution in [0.3, 0.4) is 0 Å². The Morgan fingerprint density at radius 2 is 0.926 bits per heavy atom. The van der Waals surface area contributed by atoms with Gasteiger partial charge in [0.2, 0.25) is 0 Å². The van der Waals surface area contributed by atoms with E-state index in [1.54, 1.807) is 0 Å². The monoisotopic (exact) mass is 394 g/mol. The first kappa shape index (κ1) is 20.9. The zero-order valence-corrected chi connectivity index (χ0v) is 14.7. The van der Waals surface area contributed by atoms with Crippen molar-refractivity contribution in [2.24, 2.45) is 0 Å². The van der Waals surface area contributed by atoms with Crippen LogP contribution >= 0.6 is 0 Å². The van der Waals surface area contributed by atoms with E-state index in [9.17, 15) is 26.3 Å². The Kier molecular flexibility index (Phi) is 6.59. The number of hydrogen-bond donors (Lipinski definition) is 0. The Labute approximate surface area is 152 Å². The first-order valence-corrected chi connectivity index (χ1v) is 7.96. The molecule has 148 valence electrons. The van der Waals surface area contributed by atoms with E-state index in [2.05, 4.69) is 0 Å². The minimum absolute atomic E-state index is 0.0807. The summed E-state index contributed by atoms with van der Waals surface area (Å²) in [7, 11) is 3.62. The molecule has 9 heteroatoms. The summed E-state index contributed by atoms with van der Waals surface area (Å²) < 4.78 is 89.0. The lowest BCUT2D eigenvalue weighted by molar-refractivity contribution is -0.890. The van der Waals surface area contributed by atoms with Gasteiger partial charge in [0.15, 0.2) is 34.9 Å². The van der Waals surface area contributed by atoms with Crippen LogP contribution in [0.2, 0.25) is 0 Å². The number of quaternary nitrogens is 1. The highest BCUT2D eigenvalue weighted by Gasteiger charge is 2.17. The van der Waals surface area contributed by atoms with Crippen molar-refractivity contribution < 1.29 is 40.3 Å². The van der Waals surface area contributed by atoms with Gasteiger partial charge in [0.1, 0.15) is 37.8 Å². The van der Waals surface area contributed by atoms with Crippen molar-refractivity contribution in [1.82, 2.24) is 0 Å². The molecule has 0 spiro atoms. The van der Waals surface area contributed by atoms with Crippen LogP contribution in [0.5, 0.6) is 11.5 Å². The van der Waals surface area contributed by atoms with Crippen LogP contribution in [0.15, 0.2) is 24.3 Å². The normalized spacial score (nSPS) is 11.6. The molecular formula is C18H18F6NO2+. The van der Waals surface area contributed by atoms with Crippen LogP contribution in [-0.4, -0.2) is 44.9 Å². The minimum Gasteiger partial charge on any atom is -0.487 e. The smallest absolute Gasteiger partial charge is 0.194 e. The zero-order chi connectivity index (χ0) is 20.2. The number of likely N-dealkylation sites (N-methyl/N-ethyl adjacent to an activating group) is 1. The molecule has 0 amide bonds. The Balaban J connectivity index is 1.81. The molecule has 0 aliphatic rings. The summed E-state index contributed by atoms with van der Waals surface area (Å²) >= 11 is 0. The number of benzene rings is 2. The van der Waals surface area contributed by atoms with Crippen molar-refractivity contribution in [3.8, 4) is 11.5 Å². The fourth-order valence-electron chi connectivity index (χ4n) is 2.16. The van der Waals surface area contributed by atoms with E-state index < -0.39 is 34.9 Å². The summed E-state index contributed by atoms with van der Waals surface area (Å²) in [5.41, 5.74) is 0. The average molecular weight is 394 g/mol. The van der Waals surface area contributed by atoms with Gasteiger partial charge in [-0.25, -0.2) is 26.3 Å². The lowest BCUT2D eigenvalue weighted by Gasteiger charge is -2.29. The highest BCUT2D eigenvalue weighted by molar-refractivity contribution is 5.25. The van der Waals surface area contributed by atoms with Crippen molar-refractivity contribution in [2.75, 3.05) is 40.4 Å².